The Morgan fingerprint density at radius 1 is 1.36 bits per heavy atom. The van der Waals surface area contributed by atoms with Crippen molar-refractivity contribution in [1.29, 1.82) is 0 Å². The fourth-order valence-electron chi connectivity index (χ4n) is 1.97. The van der Waals surface area contributed by atoms with Crippen LogP contribution in [0, 0.1) is 0 Å². The summed E-state index contributed by atoms with van der Waals surface area (Å²) in [4.78, 5) is 2.37. The normalized spacial score (nSPS) is 15.9. The zero-order valence-corrected chi connectivity index (χ0v) is 8.87. The molecule has 0 radical (unpaired) electrons. The molecule has 2 rings (SSSR count). The van der Waals surface area contributed by atoms with Crippen molar-refractivity contribution in [1.82, 2.24) is 0 Å². The number of hydrogen-bond acceptors (Lipinski definition) is 1. The standard InChI is InChI=1S/C12H14ClN/c13-8-4-10-14-9-3-6-11-5-1-2-7-12(11)14/h1-2,4-5,7-8H,3,6,9-10H2. The van der Waals surface area contributed by atoms with Gasteiger partial charge in [0.25, 0.3) is 0 Å². The molecular formula is C12H14ClN. The highest BCUT2D eigenvalue weighted by atomic mass is 35.5. The van der Waals surface area contributed by atoms with Crippen molar-refractivity contribution in [2.24, 2.45) is 0 Å². The molecule has 0 spiro atoms. The fraction of sp³-hybridized carbons (Fsp3) is 0.333. The lowest BCUT2D eigenvalue weighted by Gasteiger charge is -2.30. The second kappa shape index (κ2) is 4.52. The third-order valence-corrected chi connectivity index (χ3v) is 2.80. The van der Waals surface area contributed by atoms with Crippen LogP contribution in [0.25, 0.3) is 0 Å². The largest absolute Gasteiger partial charge is 0.368 e. The minimum atomic E-state index is 0.917. The Labute approximate surface area is 90.0 Å². The Kier molecular flexibility index (Phi) is 3.10. The van der Waals surface area contributed by atoms with Crippen LogP contribution in [0.15, 0.2) is 35.9 Å². The molecule has 1 nitrogen and oxygen atoms in total. The number of aryl methyl sites for hydroxylation is 1. The van der Waals surface area contributed by atoms with E-state index < -0.39 is 0 Å². The van der Waals surface area contributed by atoms with Crippen molar-refractivity contribution in [2.45, 2.75) is 12.8 Å². The third-order valence-electron chi connectivity index (χ3n) is 2.62. The van der Waals surface area contributed by atoms with E-state index >= 15 is 0 Å². The Morgan fingerprint density at radius 3 is 3.07 bits per heavy atom. The molecule has 0 atom stereocenters. The quantitative estimate of drug-likeness (QED) is 0.720. The second-order valence-electron chi connectivity index (χ2n) is 3.54. The van der Waals surface area contributed by atoms with Crippen LogP contribution in [-0.2, 0) is 6.42 Å². The zero-order chi connectivity index (χ0) is 9.80. The SMILES string of the molecule is ClC=CCN1CCCc2ccccc21. The first-order valence-corrected chi connectivity index (χ1v) is 5.43. The number of hydrogen-bond donors (Lipinski definition) is 0. The summed E-state index contributed by atoms with van der Waals surface area (Å²) in [5.74, 6) is 0. The van der Waals surface area contributed by atoms with Gasteiger partial charge < -0.3 is 4.90 Å². The predicted molar refractivity (Wildman–Crippen MR) is 62.0 cm³/mol. The number of rotatable bonds is 2. The average molecular weight is 208 g/mol. The summed E-state index contributed by atoms with van der Waals surface area (Å²) in [6.45, 7) is 2.05. The van der Waals surface area contributed by atoms with E-state index in [0.29, 0.717) is 0 Å². The summed E-state index contributed by atoms with van der Waals surface area (Å²) in [5, 5.41) is 0. The van der Waals surface area contributed by atoms with Crippen LogP contribution in [0.2, 0.25) is 0 Å². The predicted octanol–water partition coefficient (Wildman–Crippen LogP) is 3.19. The van der Waals surface area contributed by atoms with Crippen LogP contribution in [0.5, 0.6) is 0 Å². The Balaban J connectivity index is 2.22. The molecule has 1 aromatic rings. The van der Waals surface area contributed by atoms with Gasteiger partial charge in [-0.25, -0.2) is 0 Å². The van der Waals surface area contributed by atoms with Gasteiger partial charge in [-0.05, 0) is 24.5 Å². The molecule has 2 heteroatoms. The minimum Gasteiger partial charge on any atom is -0.368 e. The Bertz CT molecular complexity index is 333. The van der Waals surface area contributed by atoms with E-state index in [1.165, 1.54) is 24.1 Å². The smallest absolute Gasteiger partial charge is 0.0401 e. The highest BCUT2D eigenvalue weighted by molar-refractivity contribution is 6.25. The number of fused-ring (bicyclic) bond motifs is 1. The van der Waals surface area contributed by atoms with Crippen molar-refractivity contribution >= 4 is 17.3 Å². The van der Waals surface area contributed by atoms with Crippen LogP contribution in [0.3, 0.4) is 0 Å². The first-order valence-electron chi connectivity index (χ1n) is 5.00. The molecule has 0 saturated carbocycles. The van der Waals surface area contributed by atoms with Crippen molar-refractivity contribution in [3.63, 3.8) is 0 Å². The number of benzene rings is 1. The number of anilines is 1. The molecule has 0 bridgehead atoms. The maximum atomic E-state index is 5.54. The van der Waals surface area contributed by atoms with Gasteiger partial charge in [-0.15, -0.1) is 0 Å². The van der Waals surface area contributed by atoms with E-state index in [1.807, 2.05) is 6.08 Å². The van der Waals surface area contributed by atoms with Gasteiger partial charge in [0.05, 0.1) is 0 Å². The molecule has 0 unspecified atom stereocenters. The van der Waals surface area contributed by atoms with Gasteiger partial charge in [-0.3, -0.25) is 0 Å². The lowest BCUT2D eigenvalue weighted by Crippen LogP contribution is -2.29. The molecule has 0 aromatic heterocycles. The molecule has 0 fully saturated rings. The minimum absolute atomic E-state index is 0.917. The molecule has 0 aliphatic carbocycles. The molecule has 1 aliphatic rings. The van der Waals surface area contributed by atoms with Gasteiger partial charge in [0.2, 0.25) is 0 Å². The van der Waals surface area contributed by atoms with Crippen molar-refractivity contribution < 1.29 is 0 Å². The van der Waals surface area contributed by atoms with Crippen LogP contribution in [-0.4, -0.2) is 13.1 Å². The first-order chi connectivity index (χ1) is 6.92. The van der Waals surface area contributed by atoms with E-state index in [-0.39, 0.29) is 0 Å². The first kappa shape index (κ1) is 9.60. The second-order valence-corrected chi connectivity index (χ2v) is 3.79. The van der Waals surface area contributed by atoms with E-state index in [1.54, 1.807) is 5.54 Å². The number of para-hydroxylation sites is 1. The van der Waals surface area contributed by atoms with Gasteiger partial charge in [-0.2, -0.15) is 0 Å². The molecule has 1 heterocycles. The summed E-state index contributed by atoms with van der Waals surface area (Å²) < 4.78 is 0. The lowest BCUT2D eigenvalue weighted by molar-refractivity contribution is 0.722. The molecule has 1 aliphatic heterocycles. The molecule has 0 saturated heterocycles. The zero-order valence-electron chi connectivity index (χ0n) is 8.12. The van der Waals surface area contributed by atoms with Crippen molar-refractivity contribution in [3.05, 3.63) is 41.4 Å². The van der Waals surface area contributed by atoms with Gasteiger partial charge >= 0.3 is 0 Å². The maximum absolute atomic E-state index is 5.54. The van der Waals surface area contributed by atoms with Crippen LogP contribution >= 0.6 is 11.6 Å². The summed E-state index contributed by atoms with van der Waals surface area (Å²) in [5.41, 5.74) is 4.42. The molecule has 0 N–H and O–H groups in total. The average Bonchev–Trinajstić information content (AvgIpc) is 2.26. The van der Waals surface area contributed by atoms with Crippen LogP contribution < -0.4 is 4.90 Å². The number of halogens is 1. The molecule has 0 amide bonds. The topological polar surface area (TPSA) is 3.24 Å². The summed E-state index contributed by atoms with van der Waals surface area (Å²) >= 11 is 5.54. The van der Waals surface area contributed by atoms with E-state index in [9.17, 15) is 0 Å². The molecule has 1 aromatic carbocycles. The van der Waals surface area contributed by atoms with Gasteiger partial charge in [0.15, 0.2) is 0 Å². The van der Waals surface area contributed by atoms with E-state index in [2.05, 4.69) is 29.2 Å². The van der Waals surface area contributed by atoms with E-state index in [0.717, 1.165) is 13.1 Å². The summed E-state index contributed by atoms with van der Waals surface area (Å²) in [7, 11) is 0. The van der Waals surface area contributed by atoms with Gasteiger partial charge in [0.1, 0.15) is 0 Å². The maximum Gasteiger partial charge on any atom is 0.0401 e. The fourth-order valence-corrected chi connectivity index (χ4v) is 2.05. The monoisotopic (exact) mass is 207 g/mol. The highest BCUT2D eigenvalue weighted by Gasteiger charge is 2.14. The number of nitrogens with zero attached hydrogens (tertiary/aromatic N) is 1. The molecular weight excluding hydrogens is 194 g/mol. The Hall–Kier alpha value is -0.950. The van der Waals surface area contributed by atoms with E-state index in [4.69, 9.17) is 11.6 Å². The molecule has 14 heavy (non-hydrogen) atoms. The summed E-state index contributed by atoms with van der Waals surface area (Å²) in [6.07, 6.45) is 4.44. The highest BCUT2D eigenvalue weighted by Crippen LogP contribution is 2.26. The Morgan fingerprint density at radius 2 is 2.21 bits per heavy atom. The summed E-state index contributed by atoms with van der Waals surface area (Å²) in [6, 6.07) is 8.61. The lowest BCUT2D eigenvalue weighted by atomic mass is 10.0. The van der Waals surface area contributed by atoms with Crippen molar-refractivity contribution in [2.75, 3.05) is 18.0 Å². The van der Waals surface area contributed by atoms with Crippen molar-refractivity contribution in [3.8, 4) is 0 Å². The van der Waals surface area contributed by atoms with Gasteiger partial charge in [-0.1, -0.05) is 35.9 Å². The van der Waals surface area contributed by atoms with Crippen LogP contribution in [0.4, 0.5) is 5.69 Å². The van der Waals surface area contributed by atoms with Crippen LogP contribution in [0.1, 0.15) is 12.0 Å². The third kappa shape index (κ3) is 1.93. The van der Waals surface area contributed by atoms with Gasteiger partial charge in [0, 0.05) is 24.3 Å². The molecule has 74 valence electrons.